The Hall–Kier alpha value is -2.46. The molecule has 0 radical (unpaired) electrons. The molecule has 0 saturated heterocycles. The normalized spacial score (nSPS) is 17.9. The maximum Gasteiger partial charge on any atom is 0.133 e. The van der Waals surface area contributed by atoms with Gasteiger partial charge in [-0.3, -0.25) is 9.88 Å². The Labute approximate surface area is 160 Å². The summed E-state index contributed by atoms with van der Waals surface area (Å²) in [5.41, 5.74) is 4.82. The van der Waals surface area contributed by atoms with Gasteiger partial charge in [-0.05, 0) is 48.9 Å². The van der Waals surface area contributed by atoms with Crippen LogP contribution in [0.25, 0.3) is 10.9 Å². The predicted molar refractivity (Wildman–Crippen MR) is 110 cm³/mol. The summed E-state index contributed by atoms with van der Waals surface area (Å²) >= 11 is 0. The molecule has 0 atom stereocenters. The zero-order valence-electron chi connectivity index (χ0n) is 15.7. The number of hydrogen-bond donors (Lipinski definition) is 1. The third-order valence-electron chi connectivity index (χ3n) is 6.07. The molecule has 1 fully saturated rings. The van der Waals surface area contributed by atoms with E-state index in [-0.39, 0.29) is 0 Å². The molecule has 0 spiro atoms. The van der Waals surface area contributed by atoms with E-state index < -0.39 is 0 Å². The van der Waals surface area contributed by atoms with Gasteiger partial charge in [-0.1, -0.05) is 31.0 Å². The summed E-state index contributed by atoms with van der Waals surface area (Å²) in [5, 5.41) is 4.67. The third-order valence-corrected chi connectivity index (χ3v) is 6.07. The first kappa shape index (κ1) is 16.7. The Morgan fingerprint density at radius 1 is 1.07 bits per heavy atom. The van der Waals surface area contributed by atoms with Crippen molar-refractivity contribution < 1.29 is 0 Å². The number of fused-ring (bicyclic) bond motifs is 2. The van der Waals surface area contributed by atoms with Crippen molar-refractivity contribution in [2.24, 2.45) is 5.92 Å². The van der Waals surface area contributed by atoms with E-state index in [1.54, 1.807) is 0 Å². The van der Waals surface area contributed by atoms with Crippen molar-refractivity contribution in [1.29, 1.82) is 0 Å². The van der Waals surface area contributed by atoms with Crippen LogP contribution in [0.2, 0.25) is 0 Å². The predicted octanol–water partition coefficient (Wildman–Crippen LogP) is 4.92. The monoisotopic (exact) mass is 358 g/mol. The molecule has 2 aliphatic rings. The average molecular weight is 358 g/mol. The number of pyridine rings is 2. The molecule has 3 aromatic rings. The van der Waals surface area contributed by atoms with E-state index in [1.807, 2.05) is 24.5 Å². The van der Waals surface area contributed by atoms with Crippen LogP contribution >= 0.6 is 0 Å². The zero-order chi connectivity index (χ0) is 18.1. The minimum atomic E-state index is 0.912. The maximum absolute atomic E-state index is 4.64. The molecule has 1 saturated carbocycles. The van der Waals surface area contributed by atoms with Crippen LogP contribution in [-0.2, 0) is 13.0 Å². The van der Waals surface area contributed by atoms with Crippen LogP contribution in [0.5, 0.6) is 0 Å². The van der Waals surface area contributed by atoms with Gasteiger partial charge < -0.3 is 5.32 Å². The number of nitrogens with one attached hydrogen (secondary N) is 1. The van der Waals surface area contributed by atoms with Crippen molar-refractivity contribution in [1.82, 2.24) is 14.9 Å². The van der Waals surface area contributed by atoms with Crippen LogP contribution in [0.4, 0.5) is 11.5 Å². The summed E-state index contributed by atoms with van der Waals surface area (Å²) in [6.45, 7) is 3.46. The largest absolute Gasteiger partial charge is 0.339 e. The molecule has 1 N–H and O–H groups in total. The van der Waals surface area contributed by atoms with Gasteiger partial charge in [0.05, 0.1) is 17.4 Å². The fourth-order valence-electron chi connectivity index (χ4n) is 4.65. The van der Waals surface area contributed by atoms with Crippen LogP contribution < -0.4 is 5.32 Å². The van der Waals surface area contributed by atoms with Crippen molar-refractivity contribution in [3.8, 4) is 0 Å². The second-order valence-electron chi connectivity index (χ2n) is 7.97. The molecule has 4 nitrogen and oxygen atoms in total. The molecule has 2 aromatic heterocycles. The summed E-state index contributed by atoms with van der Waals surface area (Å²) in [6.07, 6.45) is 10.6. The van der Waals surface area contributed by atoms with E-state index >= 15 is 0 Å². The van der Waals surface area contributed by atoms with Gasteiger partial charge in [0.15, 0.2) is 0 Å². The van der Waals surface area contributed by atoms with Crippen molar-refractivity contribution in [3.63, 3.8) is 0 Å². The summed E-state index contributed by atoms with van der Waals surface area (Å²) in [6, 6.07) is 12.6. The van der Waals surface area contributed by atoms with E-state index in [0.29, 0.717) is 0 Å². The van der Waals surface area contributed by atoms with E-state index in [9.17, 15) is 0 Å². The summed E-state index contributed by atoms with van der Waals surface area (Å²) in [7, 11) is 0. The number of nitrogens with zero attached hydrogens (tertiary/aromatic N) is 3. The lowest BCUT2D eigenvalue weighted by atomic mass is 9.99. The van der Waals surface area contributed by atoms with Gasteiger partial charge in [0, 0.05) is 36.8 Å². The van der Waals surface area contributed by atoms with E-state index in [4.69, 9.17) is 0 Å². The third kappa shape index (κ3) is 3.54. The van der Waals surface area contributed by atoms with E-state index in [2.05, 4.69) is 44.5 Å². The highest BCUT2D eigenvalue weighted by molar-refractivity contribution is 5.82. The SMILES string of the molecule is c1ccc2ncc(Nc3nccc4c3CCN(CC3CCCC3)C4)cc2c1. The highest BCUT2D eigenvalue weighted by atomic mass is 15.1. The molecule has 4 heteroatoms. The Morgan fingerprint density at radius 3 is 2.89 bits per heavy atom. The van der Waals surface area contributed by atoms with Gasteiger partial charge >= 0.3 is 0 Å². The first-order valence-corrected chi connectivity index (χ1v) is 10.2. The molecule has 3 heterocycles. The van der Waals surface area contributed by atoms with Crippen molar-refractivity contribution >= 4 is 22.4 Å². The highest BCUT2D eigenvalue weighted by Crippen LogP contribution is 2.30. The lowest BCUT2D eigenvalue weighted by Gasteiger charge is -2.31. The van der Waals surface area contributed by atoms with Gasteiger partial charge in [0.1, 0.15) is 5.82 Å². The van der Waals surface area contributed by atoms with Gasteiger partial charge in [0.2, 0.25) is 0 Å². The molecule has 0 unspecified atom stereocenters. The lowest BCUT2D eigenvalue weighted by molar-refractivity contribution is 0.215. The topological polar surface area (TPSA) is 41.1 Å². The molecule has 0 bridgehead atoms. The smallest absolute Gasteiger partial charge is 0.133 e. The Bertz CT molecular complexity index is 946. The van der Waals surface area contributed by atoms with Crippen molar-refractivity contribution in [3.05, 3.63) is 59.9 Å². The van der Waals surface area contributed by atoms with Crippen LogP contribution in [0.1, 0.15) is 36.8 Å². The second-order valence-corrected chi connectivity index (χ2v) is 7.97. The standard InChI is InChI=1S/C23H26N4/c1-2-6-17(5-1)15-27-12-10-21-19(16-27)9-11-24-23(21)26-20-13-18-7-3-4-8-22(18)25-14-20/h3-4,7-9,11,13-14,17H,1-2,5-6,10,12,15-16H2,(H,24,26). The number of anilines is 2. The Kier molecular flexibility index (Phi) is 4.50. The first-order valence-electron chi connectivity index (χ1n) is 10.2. The average Bonchev–Trinajstić information content (AvgIpc) is 3.21. The van der Waals surface area contributed by atoms with Gasteiger partial charge in [-0.2, -0.15) is 0 Å². The number of hydrogen-bond acceptors (Lipinski definition) is 4. The summed E-state index contributed by atoms with van der Waals surface area (Å²) in [4.78, 5) is 11.8. The fourth-order valence-corrected chi connectivity index (χ4v) is 4.65. The first-order chi connectivity index (χ1) is 13.3. The number of benzene rings is 1. The highest BCUT2D eigenvalue weighted by Gasteiger charge is 2.23. The Morgan fingerprint density at radius 2 is 1.96 bits per heavy atom. The Balaban J connectivity index is 1.35. The van der Waals surface area contributed by atoms with Crippen LogP contribution in [-0.4, -0.2) is 28.0 Å². The van der Waals surface area contributed by atoms with Gasteiger partial charge in [-0.25, -0.2) is 4.98 Å². The fraction of sp³-hybridized carbons (Fsp3) is 0.391. The van der Waals surface area contributed by atoms with Crippen molar-refractivity contribution in [2.75, 3.05) is 18.4 Å². The second kappa shape index (κ2) is 7.28. The van der Waals surface area contributed by atoms with Gasteiger partial charge in [0.25, 0.3) is 0 Å². The minimum absolute atomic E-state index is 0.912. The van der Waals surface area contributed by atoms with Crippen LogP contribution in [0, 0.1) is 5.92 Å². The molecular weight excluding hydrogens is 332 g/mol. The molecule has 0 amide bonds. The van der Waals surface area contributed by atoms with Gasteiger partial charge in [-0.15, -0.1) is 0 Å². The number of aromatic nitrogens is 2. The van der Waals surface area contributed by atoms with Crippen LogP contribution in [0.3, 0.4) is 0 Å². The molecule has 27 heavy (non-hydrogen) atoms. The van der Waals surface area contributed by atoms with Crippen molar-refractivity contribution in [2.45, 2.75) is 38.6 Å². The maximum atomic E-state index is 4.64. The lowest BCUT2D eigenvalue weighted by Crippen LogP contribution is -2.34. The molecule has 138 valence electrons. The molecule has 1 aromatic carbocycles. The number of rotatable bonds is 4. The van der Waals surface area contributed by atoms with E-state index in [0.717, 1.165) is 47.8 Å². The zero-order valence-corrected chi connectivity index (χ0v) is 15.7. The quantitative estimate of drug-likeness (QED) is 0.718. The van der Waals surface area contributed by atoms with E-state index in [1.165, 1.54) is 43.4 Å². The molecule has 1 aliphatic heterocycles. The summed E-state index contributed by atoms with van der Waals surface area (Å²) < 4.78 is 0. The molecule has 1 aliphatic carbocycles. The molecular formula is C23H26N4. The summed E-state index contributed by atoms with van der Waals surface area (Å²) in [5.74, 6) is 1.90. The van der Waals surface area contributed by atoms with Crippen LogP contribution in [0.15, 0.2) is 48.8 Å². The number of para-hydroxylation sites is 1. The minimum Gasteiger partial charge on any atom is -0.339 e. The molecule has 5 rings (SSSR count).